The van der Waals surface area contributed by atoms with Gasteiger partial charge in [-0.2, -0.15) is 0 Å². The van der Waals surface area contributed by atoms with Gasteiger partial charge < -0.3 is 25.2 Å². The highest BCUT2D eigenvalue weighted by molar-refractivity contribution is 14.0. The van der Waals surface area contributed by atoms with E-state index in [0.717, 1.165) is 49.2 Å². The van der Waals surface area contributed by atoms with Gasteiger partial charge >= 0.3 is 6.09 Å². The Morgan fingerprint density at radius 3 is 2.48 bits per heavy atom. The van der Waals surface area contributed by atoms with E-state index in [-0.39, 0.29) is 30.1 Å². The number of nitrogens with one attached hydrogen (secondary N) is 2. The van der Waals surface area contributed by atoms with Crippen LogP contribution in [-0.4, -0.2) is 67.8 Å². The topological polar surface area (TPSA) is 82.1 Å². The highest BCUT2D eigenvalue weighted by Gasteiger charge is 2.24. The molecule has 3 rings (SSSR count). The minimum absolute atomic E-state index is 0. The van der Waals surface area contributed by atoms with Gasteiger partial charge in [0.05, 0.1) is 6.61 Å². The zero-order chi connectivity index (χ0) is 21.3. The van der Waals surface area contributed by atoms with E-state index < -0.39 is 0 Å². The molecule has 0 unspecified atom stereocenters. The number of ether oxygens (including phenoxy) is 1. The molecule has 2 aliphatic heterocycles. The molecule has 0 aromatic carbocycles. The minimum Gasteiger partial charge on any atom is -0.450 e. The van der Waals surface area contributed by atoms with Crippen LogP contribution in [0.2, 0.25) is 0 Å². The van der Waals surface area contributed by atoms with Crippen LogP contribution >= 0.6 is 24.0 Å². The number of likely N-dealkylation sites (tertiary alicyclic amines) is 1. The number of aromatic nitrogens is 1. The highest BCUT2D eigenvalue weighted by Crippen LogP contribution is 2.21. The van der Waals surface area contributed by atoms with E-state index in [4.69, 9.17) is 4.74 Å². The van der Waals surface area contributed by atoms with Crippen LogP contribution in [0.4, 0.5) is 10.6 Å². The maximum absolute atomic E-state index is 11.8. The molecule has 3 heterocycles. The summed E-state index contributed by atoms with van der Waals surface area (Å²) in [5, 5.41) is 6.84. The van der Waals surface area contributed by atoms with E-state index in [9.17, 15) is 4.79 Å². The Morgan fingerprint density at radius 2 is 1.90 bits per heavy atom. The molecule has 0 atom stereocenters. The Balaban J connectivity index is 0.00000341. The quantitative estimate of drug-likeness (QED) is 0.337. The van der Waals surface area contributed by atoms with Crippen molar-refractivity contribution in [2.75, 3.05) is 44.7 Å². The number of piperidine rings is 2. The molecule has 2 fully saturated rings. The zero-order valence-electron chi connectivity index (χ0n) is 19.0. The Hall–Kier alpha value is -1.78. The van der Waals surface area contributed by atoms with Gasteiger partial charge in [0.1, 0.15) is 5.82 Å². The van der Waals surface area contributed by atoms with Gasteiger partial charge in [0.15, 0.2) is 5.96 Å². The van der Waals surface area contributed by atoms with Crippen LogP contribution in [0.25, 0.3) is 0 Å². The third kappa shape index (κ3) is 7.69. The summed E-state index contributed by atoms with van der Waals surface area (Å²) in [7, 11) is 1.78. The Labute approximate surface area is 203 Å². The first-order valence-electron chi connectivity index (χ1n) is 11.2. The van der Waals surface area contributed by atoms with Crippen molar-refractivity contribution in [3.8, 4) is 0 Å². The molecule has 1 aromatic rings. The number of carbonyl (C=O) groups excluding carboxylic acids is 1. The molecule has 174 valence electrons. The SMILES string of the molecule is CCOC(=O)N1CCC(NC(=NC)NCc2ccc(N3CCC(C)CC3)nc2)CC1.I. The summed E-state index contributed by atoms with van der Waals surface area (Å²) in [6, 6.07) is 4.55. The molecule has 2 N–H and O–H groups in total. The maximum atomic E-state index is 11.8. The molecule has 8 nitrogen and oxygen atoms in total. The van der Waals surface area contributed by atoms with Gasteiger partial charge in [0.25, 0.3) is 0 Å². The first-order valence-corrected chi connectivity index (χ1v) is 11.2. The highest BCUT2D eigenvalue weighted by atomic mass is 127. The first kappa shape index (κ1) is 25.5. The molecule has 2 saturated heterocycles. The molecule has 0 radical (unpaired) electrons. The lowest BCUT2D eigenvalue weighted by molar-refractivity contribution is 0.0963. The van der Waals surface area contributed by atoms with Crippen LogP contribution in [0.1, 0.15) is 45.1 Å². The number of halogens is 1. The average Bonchev–Trinajstić information content (AvgIpc) is 2.78. The van der Waals surface area contributed by atoms with Crippen molar-refractivity contribution in [3.05, 3.63) is 23.9 Å². The molecule has 9 heteroatoms. The standard InChI is InChI=1S/C22H36N6O2.HI/c1-4-30-22(29)28-13-9-19(10-14-28)26-21(23-3)25-16-18-5-6-20(24-15-18)27-11-7-17(2)8-12-27;/h5-6,15,17,19H,4,7-14,16H2,1-3H3,(H2,23,25,26);1H. The van der Waals surface area contributed by atoms with E-state index in [2.05, 4.69) is 44.6 Å². The number of carbonyl (C=O) groups is 1. The molecule has 0 spiro atoms. The normalized spacial score (nSPS) is 18.4. The molecule has 0 bridgehead atoms. The van der Waals surface area contributed by atoms with E-state index in [1.54, 1.807) is 11.9 Å². The fourth-order valence-electron chi connectivity index (χ4n) is 3.94. The number of rotatable bonds is 5. The predicted molar refractivity (Wildman–Crippen MR) is 135 cm³/mol. The molecule has 0 saturated carbocycles. The minimum atomic E-state index is -0.214. The predicted octanol–water partition coefficient (Wildman–Crippen LogP) is 3.22. The van der Waals surface area contributed by atoms with E-state index in [1.165, 1.54) is 12.8 Å². The third-order valence-electron chi connectivity index (χ3n) is 5.96. The van der Waals surface area contributed by atoms with Crippen LogP contribution in [0, 0.1) is 5.92 Å². The molecular weight excluding hydrogens is 507 g/mol. The monoisotopic (exact) mass is 544 g/mol. The van der Waals surface area contributed by atoms with Crippen molar-refractivity contribution in [2.24, 2.45) is 10.9 Å². The van der Waals surface area contributed by atoms with Crippen LogP contribution in [-0.2, 0) is 11.3 Å². The van der Waals surface area contributed by atoms with Crippen LogP contribution in [0.5, 0.6) is 0 Å². The van der Waals surface area contributed by atoms with Gasteiger partial charge in [0, 0.05) is 52.0 Å². The van der Waals surface area contributed by atoms with Gasteiger partial charge in [-0.05, 0) is 50.2 Å². The molecule has 1 amide bonds. The zero-order valence-corrected chi connectivity index (χ0v) is 21.3. The van der Waals surface area contributed by atoms with Crippen molar-refractivity contribution in [1.82, 2.24) is 20.5 Å². The number of nitrogens with zero attached hydrogens (tertiary/aromatic N) is 4. The van der Waals surface area contributed by atoms with Gasteiger partial charge in [-0.3, -0.25) is 4.99 Å². The summed E-state index contributed by atoms with van der Waals surface area (Å²) < 4.78 is 5.08. The van der Waals surface area contributed by atoms with Crippen molar-refractivity contribution in [3.63, 3.8) is 0 Å². The summed E-state index contributed by atoms with van der Waals surface area (Å²) >= 11 is 0. The van der Waals surface area contributed by atoms with Gasteiger partial charge in [0.2, 0.25) is 0 Å². The van der Waals surface area contributed by atoms with Crippen molar-refractivity contribution < 1.29 is 9.53 Å². The van der Waals surface area contributed by atoms with Crippen molar-refractivity contribution in [2.45, 2.75) is 52.1 Å². The Kier molecular flexibility index (Phi) is 10.6. The van der Waals surface area contributed by atoms with Crippen molar-refractivity contribution >= 4 is 41.8 Å². The molecule has 31 heavy (non-hydrogen) atoms. The fourth-order valence-corrected chi connectivity index (χ4v) is 3.94. The van der Waals surface area contributed by atoms with Gasteiger partial charge in [-0.25, -0.2) is 9.78 Å². The largest absolute Gasteiger partial charge is 0.450 e. The second-order valence-electron chi connectivity index (χ2n) is 8.22. The van der Waals surface area contributed by atoms with Crippen LogP contribution in [0.3, 0.4) is 0 Å². The van der Waals surface area contributed by atoms with Crippen LogP contribution < -0.4 is 15.5 Å². The molecular formula is C22H37IN6O2. The number of anilines is 1. The molecule has 0 aliphatic carbocycles. The second kappa shape index (κ2) is 12.9. The Bertz CT molecular complexity index is 698. The van der Waals surface area contributed by atoms with Gasteiger partial charge in [-0.15, -0.1) is 24.0 Å². The summed E-state index contributed by atoms with van der Waals surface area (Å²) in [6.45, 7) is 8.84. The molecule has 2 aliphatic rings. The number of hydrogen-bond donors (Lipinski definition) is 2. The maximum Gasteiger partial charge on any atom is 0.409 e. The van der Waals surface area contributed by atoms with Crippen molar-refractivity contribution in [1.29, 1.82) is 0 Å². The summed E-state index contributed by atoms with van der Waals surface area (Å²) in [5.41, 5.74) is 1.13. The number of pyridine rings is 1. The number of aliphatic imine (C=N–C) groups is 1. The average molecular weight is 544 g/mol. The number of hydrogen-bond acceptors (Lipinski definition) is 5. The van der Waals surface area contributed by atoms with Gasteiger partial charge in [-0.1, -0.05) is 13.0 Å². The lowest BCUT2D eigenvalue weighted by atomic mass is 9.99. The van der Waals surface area contributed by atoms with E-state index >= 15 is 0 Å². The van der Waals surface area contributed by atoms with Crippen LogP contribution in [0.15, 0.2) is 23.3 Å². The smallest absolute Gasteiger partial charge is 0.409 e. The van der Waals surface area contributed by atoms with E-state index in [1.807, 2.05) is 13.1 Å². The first-order chi connectivity index (χ1) is 14.6. The Morgan fingerprint density at radius 1 is 1.19 bits per heavy atom. The second-order valence-corrected chi connectivity index (χ2v) is 8.22. The number of amides is 1. The number of guanidine groups is 1. The van der Waals surface area contributed by atoms with E-state index in [0.29, 0.717) is 32.3 Å². The summed E-state index contributed by atoms with van der Waals surface area (Å²) in [4.78, 5) is 25.0. The lowest BCUT2D eigenvalue weighted by Gasteiger charge is -2.32. The summed E-state index contributed by atoms with van der Waals surface area (Å²) in [5.74, 6) is 2.67. The fraction of sp³-hybridized carbons (Fsp3) is 0.682. The summed E-state index contributed by atoms with van der Waals surface area (Å²) in [6.07, 6.45) is 5.98. The third-order valence-corrected chi connectivity index (χ3v) is 5.96. The molecule has 1 aromatic heterocycles. The lowest BCUT2D eigenvalue weighted by Crippen LogP contribution is -2.49.